The van der Waals surface area contributed by atoms with Crippen molar-refractivity contribution in [3.63, 3.8) is 0 Å². The highest BCUT2D eigenvalue weighted by Gasteiger charge is 1.79. The van der Waals surface area contributed by atoms with Crippen LogP contribution in [0.1, 0.15) is 25.7 Å². The lowest BCUT2D eigenvalue weighted by atomic mass is 10.3. The highest BCUT2D eigenvalue weighted by atomic mass is 14.6. The largest absolute Gasteiger partial charge is 0.328 e. The predicted octanol–water partition coefficient (Wildman–Crippen LogP) is 0.744. The van der Waals surface area contributed by atoms with Gasteiger partial charge in [0.15, 0.2) is 0 Å². The van der Waals surface area contributed by atoms with Crippen LogP contribution in [0.3, 0.4) is 0 Å². The van der Waals surface area contributed by atoms with Gasteiger partial charge < -0.3 is 5.73 Å². The summed E-state index contributed by atoms with van der Waals surface area (Å²) in [7, 11) is 0. The molecular formula is C4H11N. The van der Waals surface area contributed by atoms with Crippen molar-refractivity contribution < 1.29 is 5.48 Å². The highest BCUT2D eigenvalue weighted by molar-refractivity contribution is 4.43. The van der Waals surface area contributed by atoms with E-state index in [0.29, 0.717) is 0 Å². The summed E-state index contributed by atoms with van der Waals surface area (Å²) < 4.78 is 27.2. The second-order valence-corrected chi connectivity index (χ2v) is 1.02. The summed E-state index contributed by atoms with van der Waals surface area (Å²) in [5.41, 5.74) is 5.13. The minimum atomic E-state index is -2.08. The van der Waals surface area contributed by atoms with E-state index in [-0.39, 0.29) is 6.42 Å². The molecule has 0 heterocycles. The maximum Gasteiger partial charge on any atom is 0.0459 e. The van der Waals surface area contributed by atoms with Gasteiger partial charge in [0.1, 0.15) is 0 Å². The highest BCUT2D eigenvalue weighted by Crippen LogP contribution is 1.77. The van der Waals surface area contributed by atoms with E-state index in [0.717, 1.165) is 0 Å². The van der Waals surface area contributed by atoms with Crippen LogP contribution in [-0.4, -0.2) is 6.02 Å². The Morgan fingerprint density at radius 2 is 3.00 bits per heavy atom. The maximum absolute atomic E-state index is 7.01. The van der Waals surface area contributed by atoms with E-state index in [2.05, 4.69) is 0 Å². The van der Waals surface area contributed by atoms with Crippen LogP contribution in [0.4, 0.5) is 0 Å². The second kappa shape index (κ2) is 2.21. The van der Waals surface area contributed by atoms with Crippen molar-refractivity contribution >= 4 is 0 Å². The monoisotopic (exact) mass is 77.1 g/mol. The summed E-state index contributed by atoms with van der Waals surface area (Å²) in [5, 5.41) is 0. The van der Waals surface area contributed by atoms with Crippen molar-refractivity contribution in [2.75, 3.05) is 0 Å². The Labute approximate surface area is 38.8 Å². The van der Waals surface area contributed by atoms with E-state index in [1.165, 1.54) is 6.92 Å². The molecule has 2 N–H and O–H groups in total. The van der Waals surface area contributed by atoms with Gasteiger partial charge in [0, 0.05) is 11.5 Å². The molecule has 1 atom stereocenters. The van der Waals surface area contributed by atoms with E-state index in [1.807, 2.05) is 0 Å². The summed E-state index contributed by atoms with van der Waals surface area (Å²) >= 11 is 0. The molecule has 0 aromatic rings. The van der Waals surface area contributed by atoms with E-state index < -0.39 is 12.9 Å². The van der Waals surface area contributed by atoms with Gasteiger partial charge in [-0.1, -0.05) is 6.85 Å². The Bertz CT molecular complexity index is 77.7. The topological polar surface area (TPSA) is 26.0 Å². The molecule has 0 aliphatic rings. The molecule has 32 valence electrons. The number of hydrogen-bond acceptors (Lipinski definition) is 1. The van der Waals surface area contributed by atoms with Crippen LogP contribution in [-0.2, 0) is 0 Å². The number of nitrogens with two attached hydrogens (primary N) is 1. The van der Waals surface area contributed by atoms with Crippen molar-refractivity contribution in [2.24, 2.45) is 5.73 Å². The van der Waals surface area contributed by atoms with Crippen LogP contribution in [0, 0.1) is 0 Å². The molecule has 5 heavy (non-hydrogen) atoms. The molecule has 0 aromatic carbocycles. The van der Waals surface area contributed by atoms with Gasteiger partial charge >= 0.3 is 0 Å². The fourth-order valence-corrected chi connectivity index (χ4v) is 0. The number of hydrogen-bond donors (Lipinski definition) is 1. The molecule has 0 aromatic heterocycles. The van der Waals surface area contributed by atoms with E-state index in [9.17, 15) is 0 Å². The summed E-state index contributed by atoms with van der Waals surface area (Å²) in [6, 6.07) is -1.33. The van der Waals surface area contributed by atoms with E-state index >= 15 is 0 Å². The second-order valence-electron chi connectivity index (χ2n) is 1.02. The Morgan fingerprint density at radius 3 is 3.00 bits per heavy atom. The van der Waals surface area contributed by atoms with Crippen molar-refractivity contribution in [1.82, 2.24) is 0 Å². The van der Waals surface area contributed by atoms with Crippen LogP contribution in [0.5, 0.6) is 0 Å². The molecular weight excluding hydrogens is 62.1 g/mol. The quantitative estimate of drug-likeness (QED) is 0.491. The summed E-state index contributed by atoms with van der Waals surface area (Å²) in [6.45, 7) is -0.704. The molecule has 0 fully saturated rings. The Kier molecular flexibility index (Phi) is 0.543. The lowest BCUT2D eigenvalue weighted by Crippen LogP contribution is -2.11. The Morgan fingerprint density at radius 1 is 2.40 bits per heavy atom. The smallest absolute Gasteiger partial charge is 0.0459 e. The first-order valence-corrected chi connectivity index (χ1v) is 1.50. The summed E-state index contributed by atoms with van der Waals surface area (Å²) in [5.74, 6) is 0. The molecule has 0 radical (unpaired) electrons. The fourth-order valence-electron chi connectivity index (χ4n) is 0. The van der Waals surface area contributed by atoms with Crippen molar-refractivity contribution in [2.45, 2.75) is 26.2 Å². The fraction of sp³-hybridized carbons (Fsp3) is 1.00. The van der Waals surface area contributed by atoms with E-state index in [1.54, 1.807) is 0 Å². The molecule has 0 amide bonds. The third-order valence-electron chi connectivity index (χ3n) is 0.279. The lowest BCUT2D eigenvalue weighted by Gasteiger charge is -1.91. The van der Waals surface area contributed by atoms with Crippen LogP contribution in [0.2, 0.25) is 0 Å². The van der Waals surface area contributed by atoms with Crippen molar-refractivity contribution in [1.29, 1.82) is 0 Å². The van der Waals surface area contributed by atoms with Gasteiger partial charge in [0.25, 0.3) is 0 Å². The van der Waals surface area contributed by atoms with Gasteiger partial charge in [0.2, 0.25) is 0 Å². The molecule has 0 rings (SSSR count). The number of rotatable bonds is 1. The first-order valence-electron chi connectivity index (χ1n) is 3.50. The van der Waals surface area contributed by atoms with Crippen molar-refractivity contribution in [3.05, 3.63) is 0 Å². The summed E-state index contributed by atoms with van der Waals surface area (Å²) in [6.07, 6.45) is -0.264. The zero-order valence-electron chi connectivity index (χ0n) is 7.28. The third kappa shape index (κ3) is 3.96. The van der Waals surface area contributed by atoms with Crippen LogP contribution in [0.15, 0.2) is 0 Å². The first-order chi connectivity index (χ1) is 3.71. The average molecular weight is 77.2 g/mol. The lowest BCUT2D eigenvalue weighted by molar-refractivity contribution is 0.715. The first kappa shape index (κ1) is 1.23. The molecule has 0 saturated carbocycles. The maximum atomic E-state index is 7.01. The van der Waals surface area contributed by atoms with Gasteiger partial charge in [0.05, 0.1) is 0 Å². The van der Waals surface area contributed by atoms with Gasteiger partial charge in [-0.05, 0) is 13.3 Å². The minimum absolute atomic E-state index is 0.264. The molecule has 0 saturated heterocycles. The third-order valence-corrected chi connectivity index (χ3v) is 0.279. The molecule has 1 heteroatoms. The molecule has 0 aliphatic carbocycles. The van der Waals surface area contributed by atoms with Gasteiger partial charge in [-0.25, -0.2) is 0 Å². The van der Waals surface area contributed by atoms with Crippen LogP contribution >= 0.6 is 0 Å². The molecule has 1 unspecified atom stereocenters. The summed E-state index contributed by atoms with van der Waals surface area (Å²) in [4.78, 5) is 0. The molecule has 0 bridgehead atoms. The standard InChI is InChI=1S/C4H11N/c1-3-4(2)5/h4H,3,5H2,1-2H3/i1D3,4D. The predicted molar refractivity (Wildman–Crippen MR) is 23.9 cm³/mol. The minimum Gasteiger partial charge on any atom is -0.328 e. The van der Waals surface area contributed by atoms with E-state index in [4.69, 9.17) is 11.2 Å². The Hall–Kier alpha value is -0.0400. The van der Waals surface area contributed by atoms with Crippen LogP contribution in [0.25, 0.3) is 0 Å². The van der Waals surface area contributed by atoms with Gasteiger partial charge in [-0.15, -0.1) is 0 Å². The van der Waals surface area contributed by atoms with Crippen molar-refractivity contribution in [3.8, 4) is 0 Å². The zero-order valence-corrected chi connectivity index (χ0v) is 3.28. The normalized spacial score (nSPS) is 35.6. The van der Waals surface area contributed by atoms with Gasteiger partial charge in [-0.3, -0.25) is 0 Å². The SMILES string of the molecule is [2H]C([2H])([2H])CC([2H])(C)N. The molecule has 0 aliphatic heterocycles. The van der Waals surface area contributed by atoms with Gasteiger partial charge in [-0.2, -0.15) is 0 Å². The molecule has 0 spiro atoms. The average Bonchev–Trinajstić information content (AvgIpc) is 1.14. The van der Waals surface area contributed by atoms with Crippen LogP contribution < -0.4 is 5.73 Å². The zero-order chi connectivity index (χ0) is 7.71. The Balaban J connectivity index is 3.75. The molecule has 1 nitrogen and oxygen atoms in total.